The van der Waals surface area contributed by atoms with Gasteiger partial charge in [0.05, 0.1) is 37.8 Å². The molecule has 3 rings (SSSR count). The zero-order valence-electron chi connectivity index (χ0n) is 18.0. The Morgan fingerprint density at radius 2 is 2.10 bits per heavy atom. The summed E-state index contributed by atoms with van der Waals surface area (Å²) in [6.45, 7) is 7.22. The Kier molecular flexibility index (Phi) is 8.35. The number of aliphatic imine (C=N–C) groups is 1. The minimum Gasteiger partial charge on any atom is -0.382 e. The first kappa shape index (κ1) is 22.8. The van der Waals surface area contributed by atoms with Crippen LogP contribution < -0.4 is 9.62 Å². The molecule has 0 aromatic heterocycles. The summed E-state index contributed by atoms with van der Waals surface area (Å²) in [6.07, 6.45) is 1.81. The van der Waals surface area contributed by atoms with Crippen LogP contribution in [0, 0.1) is 5.92 Å². The molecule has 1 atom stereocenters. The molecule has 2 heterocycles. The quantitative estimate of drug-likeness (QED) is 0.337. The van der Waals surface area contributed by atoms with Gasteiger partial charge >= 0.3 is 0 Å². The number of hydrogen-bond donors (Lipinski definition) is 1. The number of fused-ring (bicyclic) bond motifs is 1. The van der Waals surface area contributed by atoms with E-state index in [9.17, 15) is 8.42 Å². The molecule has 168 valence electrons. The second-order valence-corrected chi connectivity index (χ2v) is 9.68. The zero-order chi connectivity index (χ0) is 21.4. The molecule has 2 aliphatic rings. The van der Waals surface area contributed by atoms with Crippen LogP contribution >= 0.6 is 0 Å². The van der Waals surface area contributed by atoms with Crippen LogP contribution in [0.2, 0.25) is 0 Å². The van der Waals surface area contributed by atoms with Gasteiger partial charge in [0.15, 0.2) is 5.96 Å². The third-order valence-electron chi connectivity index (χ3n) is 5.50. The van der Waals surface area contributed by atoms with Crippen LogP contribution in [0.15, 0.2) is 29.3 Å². The van der Waals surface area contributed by atoms with Crippen molar-refractivity contribution in [2.24, 2.45) is 10.9 Å². The van der Waals surface area contributed by atoms with Gasteiger partial charge in [0.2, 0.25) is 10.0 Å². The maximum absolute atomic E-state index is 12.9. The van der Waals surface area contributed by atoms with Crippen molar-refractivity contribution in [3.63, 3.8) is 0 Å². The number of methoxy groups -OCH3 is 1. The molecule has 0 radical (unpaired) electrons. The van der Waals surface area contributed by atoms with Crippen molar-refractivity contribution in [1.82, 2.24) is 10.2 Å². The van der Waals surface area contributed by atoms with Crippen LogP contribution in [-0.4, -0.2) is 84.7 Å². The lowest BCUT2D eigenvalue weighted by atomic mass is 10.1. The van der Waals surface area contributed by atoms with E-state index < -0.39 is 10.0 Å². The van der Waals surface area contributed by atoms with E-state index in [0.29, 0.717) is 32.3 Å². The fourth-order valence-corrected chi connectivity index (χ4v) is 5.34. The molecule has 0 spiro atoms. The van der Waals surface area contributed by atoms with Gasteiger partial charge in [-0.2, -0.15) is 0 Å². The Morgan fingerprint density at radius 3 is 2.90 bits per heavy atom. The lowest BCUT2D eigenvalue weighted by Crippen LogP contribution is -2.41. The van der Waals surface area contributed by atoms with Crippen molar-refractivity contribution in [3.8, 4) is 0 Å². The van der Waals surface area contributed by atoms with Crippen molar-refractivity contribution in [2.45, 2.75) is 19.8 Å². The zero-order valence-corrected chi connectivity index (χ0v) is 18.9. The topological polar surface area (TPSA) is 83.5 Å². The lowest BCUT2D eigenvalue weighted by Gasteiger charge is -2.22. The van der Waals surface area contributed by atoms with Gasteiger partial charge in [-0.1, -0.05) is 18.2 Å². The van der Waals surface area contributed by atoms with Gasteiger partial charge in [-0.25, -0.2) is 8.42 Å². The highest BCUT2D eigenvalue weighted by molar-refractivity contribution is 7.92. The summed E-state index contributed by atoms with van der Waals surface area (Å²) in [6, 6.07) is 7.71. The van der Waals surface area contributed by atoms with Gasteiger partial charge in [0.25, 0.3) is 0 Å². The predicted octanol–water partition coefficient (Wildman–Crippen LogP) is 1.33. The summed E-state index contributed by atoms with van der Waals surface area (Å²) >= 11 is 0. The fourth-order valence-electron chi connectivity index (χ4n) is 3.95. The maximum Gasteiger partial charge on any atom is 0.237 e. The van der Waals surface area contributed by atoms with Crippen LogP contribution in [0.4, 0.5) is 5.69 Å². The highest BCUT2D eigenvalue weighted by Crippen LogP contribution is 2.29. The molecule has 1 fully saturated rings. The highest BCUT2D eigenvalue weighted by atomic mass is 32.2. The number of anilines is 1. The van der Waals surface area contributed by atoms with E-state index in [0.717, 1.165) is 49.7 Å². The van der Waals surface area contributed by atoms with Gasteiger partial charge in [-0.15, -0.1) is 0 Å². The number of para-hydroxylation sites is 1. The number of benzene rings is 1. The number of ether oxygens (including phenoxy) is 2. The highest BCUT2D eigenvalue weighted by Gasteiger charge is 2.29. The van der Waals surface area contributed by atoms with Gasteiger partial charge < -0.3 is 19.7 Å². The van der Waals surface area contributed by atoms with Crippen molar-refractivity contribution in [1.29, 1.82) is 0 Å². The SMILES string of the molecule is CCNC(=NCCS(=O)(=O)N1CCc2ccccc21)N1CCC(COCCOC)C1. The Bertz CT molecular complexity index is 815. The largest absolute Gasteiger partial charge is 0.382 e. The van der Waals surface area contributed by atoms with E-state index >= 15 is 0 Å². The van der Waals surface area contributed by atoms with Gasteiger partial charge in [-0.3, -0.25) is 9.30 Å². The molecule has 0 saturated carbocycles. The van der Waals surface area contributed by atoms with E-state index in [4.69, 9.17) is 9.47 Å². The first-order valence-corrected chi connectivity index (χ1v) is 12.3. The van der Waals surface area contributed by atoms with Gasteiger partial charge in [0.1, 0.15) is 0 Å². The molecule has 2 aliphatic heterocycles. The molecule has 30 heavy (non-hydrogen) atoms. The van der Waals surface area contributed by atoms with Crippen molar-refractivity contribution >= 4 is 21.7 Å². The molecule has 8 nitrogen and oxygen atoms in total. The number of sulfonamides is 1. The summed E-state index contributed by atoms with van der Waals surface area (Å²) < 4.78 is 38.0. The minimum absolute atomic E-state index is 0.00757. The third-order valence-corrected chi connectivity index (χ3v) is 7.25. The first-order valence-electron chi connectivity index (χ1n) is 10.7. The van der Waals surface area contributed by atoms with Crippen molar-refractivity contribution < 1.29 is 17.9 Å². The monoisotopic (exact) mass is 438 g/mol. The molecule has 1 saturated heterocycles. The van der Waals surface area contributed by atoms with Crippen molar-refractivity contribution in [3.05, 3.63) is 29.8 Å². The summed E-state index contributed by atoms with van der Waals surface area (Å²) in [5.74, 6) is 1.25. The van der Waals surface area contributed by atoms with Crippen LogP contribution in [0.5, 0.6) is 0 Å². The average molecular weight is 439 g/mol. The molecular formula is C21H34N4O4S. The molecule has 1 aromatic carbocycles. The van der Waals surface area contributed by atoms with Gasteiger partial charge in [0, 0.05) is 39.2 Å². The van der Waals surface area contributed by atoms with E-state index in [1.807, 2.05) is 31.2 Å². The average Bonchev–Trinajstić information content (AvgIpc) is 3.38. The fraction of sp³-hybridized carbons (Fsp3) is 0.667. The van der Waals surface area contributed by atoms with Crippen molar-refractivity contribution in [2.75, 3.05) is 69.7 Å². The predicted molar refractivity (Wildman–Crippen MR) is 120 cm³/mol. The maximum atomic E-state index is 12.9. The smallest absolute Gasteiger partial charge is 0.237 e. The number of rotatable bonds is 10. The number of nitrogens with zero attached hydrogens (tertiary/aromatic N) is 3. The van der Waals surface area contributed by atoms with E-state index in [-0.39, 0.29) is 12.3 Å². The Morgan fingerprint density at radius 1 is 1.27 bits per heavy atom. The van der Waals surface area contributed by atoms with E-state index in [2.05, 4.69) is 15.2 Å². The minimum atomic E-state index is -3.39. The lowest BCUT2D eigenvalue weighted by molar-refractivity contribution is 0.0536. The standard InChI is InChI=1S/C21H34N4O4S/c1-3-22-21(24-11-8-18(16-24)17-29-14-13-28-2)23-10-15-30(26,27)25-12-9-19-6-4-5-7-20(19)25/h4-7,18H,3,8-17H2,1-2H3,(H,22,23). The second kappa shape index (κ2) is 11.0. The Labute approximate surface area is 180 Å². The van der Waals surface area contributed by atoms with Crippen LogP contribution in [-0.2, 0) is 25.9 Å². The Hall–Kier alpha value is -1.84. The molecule has 0 amide bonds. The van der Waals surface area contributed by atoms with Crippen LogP contribution in [0.1, 0.15) is 18.9 Å². The normalized spacial score (nSPS) is 19.4. The molecule has 1 aromatic rings. The summed E-state index contributed by atoms with van der Waals surface area (Å²) in [5.41, 5.74) is 1.90. The summed E-state index contributed by atoms with van der Waals surface area (Å²) in [7, 11) is -1.72. The number of nitrogens with one attached hydrogen (secondary N) is 1. The Balaban J connectivity index is 1.54. The van der Waals surface area contributed by atoms with Crippen LogP contribution in [0.25, 0.3) is 0 Å². The number of likely N-dealkylation sites (tertiary alicyclic amines) is 1. The molecule has 0 bridgehead atoms. The van der Waals surface area contributed by atoms with E-state index in [1.165, 1.54) is 4.31 Å². The molecule has 9 heteroatoms. The second-order valence-electron chi connectivity index (χ2n) is 7.67. The van der Waals surface area contributed by atoms with Gasteiger partial charge in [-0.05, 0) is 31.4 Å². The first-order chi connectivity index (χ1) is 14.5. The summed E-state index contributed by atoms with van der Waals surface area (Å²) in [4.78, 5) is 6.82. The van der Waals surface area contributed by atoms with E-state index in [1.54, 1.807) is 7.11 Å². The van der Waals surface area contributed by atoms with Crippen LogP contribution in [0.3, 0.4) is 0 Å². The molecule has 1 N–H and O–H groups in total. The number of guanidine groups is 1. The third kappa shape index (κ3) is 5.86. The molecule has 0 aliphatic carbocycles. The summed E-state index contributed by atoms with van der Waals surface area (Å²) in [5, 5.41) is 3.30. The molecule has 1 unspecified atom stereocenters. The number of hydrogen-bond acceptors (Lipinski definition) is 5. The molecular weight excluding hydrogens is 404 g/mol.